The molecule has 1 fully saturated rings. The molecule has 29 heavy (non-hydrogen) atoms. The van der Waals surface area contributed by atoms with Crippen LogP contribution in [0.25, 0.3) is 0 Å². The first-order chi connectivity index (χ1) is 14.1. The predicted molar refractivity (Wildman–Crippen MR) is 113 cm³/mol. The van der Waals surface area contributed by atoms with Crippen molar-refractivity contribution in [2.24, 2.45) is 0 Å². The van der Waals surface area contributed by atoms with Crippen LogP contribution in [-0.4, -0.2) is 55.3 Å². The van der Waals surface area contributed by atoms with E-state index in [9.17, 15) is 9.90 Å². The van der Waals surface area contributed by atoms with Gasteiger partial charge in [0.1, 0.15) is 5.75 Å². The minimum absolute atomic E-state index is 0.0585. The Labute approximate surface area is 172 Å². The minimum Gasteiger partial charge on any atom is -0.496 e. The maximum Gasteiger partial charge on any atom is 0.234 e. The number of methoxy groups -OCH3 is 1. The summed E-state index contributed by atoms with van der Waals surface area (Å²) in [5.41, 5.74) is 3.56. The van der Waals surface area contributed by atoms with Crippen molar-refractivity contribution in [3.63, 3.8) is 0 Å². The van der Waals surface area contributed by atoms with Crippen molar-refractivity contribution < 1.29 is 14.6 Å². The third-order valence-electron chi connectivity index (χ3n) is 6.63. The van der Waals surface area contributed by atoms with Crippen molar-refractivity contribution in [3.05, 3.63) is 65.2 Å². The van der Waals surface area contributed by atoms with Gasteiger partial charge in [0.15, 0.2) is 0 Å². The Bertz CT molecular complexity index is 859. The van der Waals surface area contributed by atoms with E-state index in [-0.39, 0.29) is 17.4 Å². The van der Waals surface area contributed by atoms with Crippen LogP contribution < -0.4 is 10.1 Å². The van der Waals surface area contributed by atoms with Gasteiger partial charge in [-0.15, -0.1) is 0 Å². The highest BCUT2D eigenvalue weighted by Crippen LogP contribution is 2.46. The van der Waals surface area contributed by atoms with Crippen LogP contribution in [0.15, 0.2) is 48.5 Å². The first kappa shape index (κ1) is 19.9. The van der Waals surface area contributed by atoms with Gasteiger partial charge in [0.2, 0.25) is 5.91 Å². The predicted octanol–water partition coefficient (Wildman–Crippen LogP) is 2.30. The van der Waals surface area contributed by atoms with E-state index >= 15 is 0 Å². The van der Waals surface area contributed by atoms with Crippen LogP contribution in [0.3, 0.4) is 0 Å². The van der Waals surface area contributed by atoms with E-state index in [1.807, 2.05) is 24.3 Å². The number of benzene rings is 2. The lowest BCUT2D eigenvalue weighted by atomic mass is 9.72. The molecular weight excluding hydrogens is 364 g/mol. The third-order valence-corrected chi connectivity index (χ3v) is 6.63. The highest BCUT2D eigenvalue weighted by Gasteiger charge is 2.47. The maximum absolute atomic E-state index is 12.4. The van der Waals surface area contributed by atoms with Gasteiger partial charge in [-0.1, -0.05) is 42.5 Å². The van der Waals surface area contributed by atoms with Crippen molar-refractivity contribution in [1.29, 1.82) is 0 Å². The first-order valence-electron chi connectivity index (χ1n) is 10.5. The average Bonchev–Trinajstić information content (AvgIpc) is 3.01. The van der Waals surface area contributed by atoms with E-state index in [2.05, 4.69) is 34.5 Å². The van der Waals surface area contributed by atoms with Crippen LogP contribution in [0.1, 0.15) is 29.5 Å². The highest BCUT2D eigenvalue weighted by atomic mass is 16.5. The first-order valence-corrected chi connectivity index (χ1v) is 10.5. The molecule has 5 nitrogen and oxygen atoms in total. The Kier molecular flexibility index (Phi) is 5.88. The second-order valence-corrected chi connectivity index (χ2v) is 8.22. The number of carbonyl (C=O) groups excluding carboxylic acids is 1. The summed E-state index contributed by atoms with van der Waals surface area (Å²) in [7, 11) is 1.67. The molecule has 1 saturated heterocycles. The molecule has 1 heterocycles. The van der Waals surface area contributed by atoms with Crippen LogP contribution in [0.5, 0.6) is 5.75 Å². The number of carbonyl (C=O) groups is 1. The normalized spacial score (nSPS) is 20.4. The molecule has 1 aliphatic heterocycles. The molecule has 2 N–H and O–H groups in total. The van der Waals surface area contributed by atoms with Crippen LogP contribution in [-0.2, 0) is 23.1 Å². The number of fused-ring (bicyclic) bond motifs is 2. The van der Waals surface area contributed by atoms with Crippen molar-refractivity contribution >= 4 is 5.91 Å². The Hall–Kier alpha value is -2.37. The summed E-state index contributed by atoms with van der Waals surface area (Å²) in [5, 5.41) is 13.8. The summed E-state index contributed by atoms with van der Waals surface area (Å²) in [6.45, 7) is 2.69. The lowest BCUT2D eigenvalue weighted by Gasteiger charge is -2.42. The number of nitrogens with one attached hydrogen (secondary N) is 1. The van der Waals surface area contributed by atoms with Crippen LogP contribution in [0, 0.1) is 0 Å². The molecule has 1 atom stereocenters. The molecular formula is C24H30N2O3. The molecule has 0 bridgehead atoms. The molecule has 2 aromatic rings. The Morgan fingerprint density at radius 2 is 1.90 bits per heavy atom. The SMILES string of the molecule is COc1ccccc1CCNC(=O)CN1CCC2(CC1)c1ccccc1C[C@H]2O. The number of aliphatic hydroxyl groups is 1. The van der Waals surface area contributed by atoms with Gasteiger partial charge in [-0.3, -0.25) is 9.69 Å². The van der Waals surface area contributed by atoms with Crippen molar-refractivity contribution in [3.8, 4) is 5.75 Å². The summed E-state index contributed by atoms with van der Waals surface area (Å²) in [4.78, 5) is 14.6. The lowest BCUT2D eigenvalue weighted by Crippen LogP contribution is -2.49. The van der Waals surface area contributed by atoms with E-state index in [0.29, 0.717) is 13.1 Å². The number of hydrogen-bond donors (Lipinski definition) is 2. The van der Waals surface area contributed by atoms with E-state index in [1.165, 1.54) is 11.1 Å². The summed E-state index contributed by atoms with van der Waals surface area (Å²) in [6, 6.07) is 16.3. The Morgan fingerprint density at radius 1 is 1.17 bits per heavy atom. The van der Waals surface area contributed by atoms with Crippen molar-refractivity contribution in [2.45, 2.75) is 37.2 Å². The number of nitrogens with zero attached hydrogens (tertiary/aromatic N) is 1. The van der Waals surface area contributed by atoms with E-state index in [0.717, 1.165) is 50.1 Å². The zero-order valence-electron chi connectivity index (χ0n) is 17.1. The molecule has 4 rings (SSSR count). The quantitative estimate of drug-likeness (QED) is 0.789. The molecule has 2 aromatic carbocycles. The number of hydrogen-bond acceptors (Lipinski definition) is 4. The van der Waals surface area contributed by atoms with Gasteiger partial charge in [-0.05, 0) is 61.5 Å². The molecule has 1 spiro atoms. The number of ether oxygens (including phenoxy) is 1. The summed E-state index contributed by atoms with van der Waals surface area (Å²) >= 11 is 0. The van der Waals surface area contributed by atoms with E-state index in [4.69, 9.17) is 4.74 Å². The molecule has 0 unspecified atom stereocenters. The van der Waals surface area contributed by atoms with Gasteiger partial charge in [-0.2, -0.15) is 0 Å². The van der Waals surface area contributed by atoms with Gasteiger partial charge in [0.05, 0.1) is 19.8 Å². The second kappa shape index (κ2) is 8.56. The Morgan fingerprint density at radius 3 is 2.69 bits per heavy atom. The van der Waals surface area contributed by atoms with Gasteiger partial charge < -0.3 is 15.2 Å². The van der Waals surface area contributed by atoms with Gasteiger partial charge in [0, 0.05) is 12.0 Å². The third kappa shape index (κ3) is 4.02. The fourth-order valence-electron chi connectivity index (χ4n) is 4.99. The standard InChI is InChI=1S/C24H30N2O3/c1-29-21-9-5-3-6-18(21)10-13-25-23(28)17-26-14-11-24(12-15-26)20-8-4-2-7-19(20)16-22(24)27/h2-9,22,27H,10-17H2,1H3,(H,25,28)/t22-/m1/s1. The molecule has 0 radical (unpaired) electrons. The number of aliphatic hydroxyl groups excluding tert-OH is 1. The fourth-order valence-corrected chi connectivity index (χ4v) is 4.99. The zero-order chi connectivity index (χ0) is 20.3. The number of para-hydroxylation sites is 1. The summed E-state index contributed by atoms with van der Waals surface area (Å²) in [5.74, 6) is 0.918. The Balaban J connectivity index is 1.26. The minimum atomic E-state index is -0.309. The van der Waals surface area contributed by atoms with Gasteiger partial charge >= 0.3 is 0 Å². The summed E-state index contributed by atoms with van der Waals surface area (Å²) in [6.07, 6.45) is 3.00. The molecule has 0 aromatic heterocycles. The number of amides is 1. The van der Waals surface area contributed by atoms with Crippen molar-refractivity contribution in [1.82, 2.24) is 10.2 Å². The number of likely N-dealkylation sites (tertiary alicyclic amines) is 1. The monoisotopic (exact) mass is 394 g/mol. The van der Waals surface area contributed by atoms with E-state index in [1.54, 1.807) is 7.11 Å². The van der Waals surface area contributed by atoms with E-state index < -0.39 is 0 Å². The van der Waals surface area contributed by atoms with Crippen LogP contribution >= 0.6 is 0 Å². The van der Waals surface area contributed by atoms with Crippen molar-refractivity contribution in [2.75, 3.05) is 33.3 Å². The molecule has 0 saturated carbocycles. The van der Waals surface area contributed by atoms with Gasteiger partial charge in [-0.25, -0.2) is 0 Å². The molecule has 5 heteroatoms. The lowest BCUT2D eigenvalue weighted by molar-refractivity contribution is -0.122. The average molecular weight is 395 g/mol. The molecule has 2 aliphatic rings. The van der Waals surface area contributed by atoms with Crippen LogP contribution in [0.4, 0.5) is 0 Å². The van der Waals surface area contributed by atoms with Gasteiger partial charge in [0.25, 0.3) is 0 Å². The van der Waals surface area contributed by atoms with Crippen LogP contribution in [0.2, 0.25) is 0 Å². The molecule has 1 amide bonds. The second-order valence-electron chi connectivity index (χ2n) is 8.22. The highest BCUT2D eigenvalue weighted by molar-refractivity contribution is 5.78. The maximum atomic E-state index is 12.4. The number of rotatable bonds is 6. The molecule has 1 aliphatic carbocycles. The topological polar surface area (TPSA) is 61.8 Å². The zero-order valence-corrected chi connectivity index (χ0v) is 17.1. The summed E-state index contributed by atoms with van der Waals surface area (Å²) < 4.78 is 5.36. The fraction of sp³-hybridized carbons (Fsp3) is 0.458. The molecule has 154 valence electrons. The smallest absolute Gasteiger partial charge is 0.234 e. The largest absolute Gasteiger partial charge is 0.496 e. The number of piperidine rings is 1.